The van der Waals surface area contributed by atoms with Crippen LogP contribution < -0.4 is 15.5 Å². The largest absolute Gasteiger partial charge is 0.341 e. The minimum absolute atomic E-state index is 0.373. The molecule has 1 aromatic carbocycles. The fourth-order valence-electron chi connectivity index (χ4n) is 3.04. The maximum atomic E-state index is 12.3. The van der Waals surface area contributed by atoms with Gasteiger partial charge in [-0.3, -0.25) is 14.7 Å². The van der Waals surface area contributed by atoms with Crippen molar-refractivity contribution in [3.05, 3.63) is 29.8 Å². The minimum Gasteiger partial charge on any atom is -0.341 e. The molecule has 3 rings (SSSR count). The molecular formula is C19H26N6O2S. The van der Waals surface area contributed by atoms with Gasteiger partial charge in [-0.05, 0) is 45.2 Å². The Morgan fingerprint density at radius 3 is 2.43 bits per heavy atom. The zero-order chi connectivity index (χ0) is 20.1. The van der Waals surface area contributed by atoms with Gasteiger partial charge in [-0.25, -0.2) is 4.79 Å². The summed E-state index contributed by atoms with van der Waals surface area (Å²) < 4.78 is 2.00. The van der Waals surface area contributed by atoms with E-state index in [1.807, 2.05) is 35.8 Å². The number of nitrogens with one attached hydrogen (secondary N) is 2. The number of aryl methyl sites for hydroxylation is 1. The van der Waals surface area contributed by atoms with Gasteiger partial charge in [0.15, 0.2) is 5.16 Å². The van der Waals surface area contributed by atoms with Crippen LogP contribution in [-0.4, -0.2) is 52.1 Å². The van der Waals surface area contributed by atoms with Gasteiger partial charge in [0, 0.05) is 20.1 Å². The molecule has 1 aromatic heterocycles. The van der Waals surface area contributed by atoms with E-state index in [4.69, 9.17) is 0 Å². The lowest BCUT2D eigenvalue weighted by atomic mass is 10.1. The van der Waals surface area contributed by atoms with E-state index in [1.54, 1.807) is 6.92 Å². The molecule has 0 radical (unpaired) electrons. The van der Waals surface area contributed by atoms with Crippen molar-refractivity contribution >= 4 is 29.6 Å². The first-order chi connectivity index (χ1) is 13.5. The number of benzene rings is 1. The molecule has 2 heterocycles. The van der Waals surface area contributed by atoms with Gasteiger partial charge < -0.3 is 10.2 Å². The van der Waals surface area contributed by atoms with Gasteiger partial charge >= 0.3 is 6.03 Å². The highest BCUT2D eigenvalue weighted by Gasteiger charge is 2.25. The highest BCUT2D eigenvalue weighted by atomic mass is 32.2. The van der Waals surface area contributed by atoms with Gasteiger partial charge in [0.25, 0.3) is 0 Å². The van der Waals surface area contributed by atoms with Crippen molar-refractivity contribution < 1.29 is 9.59 Å². The second-order valence-electron chi connectivity index (χ2n) is 6.83. The summed E-state index contributed by atoms with van der Waals surface area (Å²) in [7, 11) is 1.47. The molecular weight excluding hydrogens is 376 g/mol. The topological polar surface area (TPSA) is 92.2 Å². The maximum Gasteiger partial charge on any atom is 0.321 e. The van der Waals surface area contributed by atoms with Crippen LogP contribution in [0, 0.1) is 6.92 Å². The summed E-state index contributed by atoms with van der Waals surface area (Å²) >= 11 is 1.29. The number of carbonyl (C=O) groups excluding carboxylic acids is 2. The SMILES string of the molecule is CNC(=O)NC(=O)[C@@H](C)Sc1nnc(N2CCCCC2)n1-c1ccc(C)cc1. The summed E-state index contributed by atoms with van der Waals surface area (Å²) in [6.07, 6.45) is 3.50. The van der Waals surface area contributed by atoms with Crippen molar-refractivity contribution in [1.82, 2.24) is 25.4 Å². The lowest BCUT2D eigenvalue weighted by Gasteiger charge is -2.28. The summed E-state index contributed by atoms with van der Waals surface area (Å²) in [6.45, 7) is 5.68. The predicted molar refractivity (Wildman–Crippen MR) is 110 cm³/mol. The minimum atomic E-state index is -0.522. The molecule has 1 saturated heterocycles. The standard InChI is InChI=1S/C19H26N6O2S/c1-13-7-9-15(10-8-13)25-18(24-11-5-4-6-12-24)22-23-19(25)28-14(2)16(26)21-17(27)20-3/h7-10,14H,4-6,11-12H2,1-3H3,(H2,20,21,26,27)/t14-/m1/s1. The molecule has 1 fully saturated rings. The van der Waals surface area contributed by atoms with Crippen molar-refractivity contribution in [2.45, 2.75) is 43.5 Å². The number of imide groups is 1. The Labute approximate surface area is 169 Å². The van der Waals surface area contributed by atoms with Crippen LogP contribution in [-0.2, 0) is 4.79 Å². The third-order valence-corrected chi connectivity index (χ3v) is 5.71. The number of hydrogen-bond acceptors (Lipinski definition) is 6. The lowest BCUT2D eigenvalue weighted by Crippen LogP contribution is -2.41. The Hall–Kier alpha value is -2.55. The summed E-state index contributed by atoms with van der Waals surface area (Å²) in [4.78, 5) is 25.9. The van der Waals surface area contributed by atoms with Crippen LogP contribution in [0.4, 0.5) is 10.7 Å². The molecule has 28 heavy (non-hydrogen) atoms. The number of carbonyl (C=O) groups is 2. The van der Waals surface area contributed by atoms with Crippen LogP contribution in [0.3, 0.4) is 0 Å². The first-order valence-electron chi connectivity index (χ1n) is 9.46. The fourth-order valence-corrected chi connectivity index (χ4v) is 3.91. The average Bonchev–Trinajstić information content (AvgIpc) is 3.12. The van der Waals surface area contributed by atoms with Crippen molar-refractivity contribution in [2.75, 3.05) is 25.0 Å². The van der Waals surface area contributed by atoms with E-state index in [0.29, 0.717) is 5.16 Å². The summed E-state index contributed by atoms with van der Waals surface area (Å²) in [5.74, 6) is 0.423. The number of urea groups is 1. The van der Waals surface area contributed by atoms with Gasteiger partial charge in [0.2, 0.25) is 11.9 Å². The van der Waals surface area contributed by atoms with E-state index in [9.17, 15) is 9.59 Å². The Balaban J connectivity index is 1.90. The number of aromatic nitrogens is 3. The smallest absolute Gasteiger partial charge is 0.321 e. The third kappa shape index (κ3) is 4.64. The monoisotopic (exact) mass is 402 g/mol. The Kier molecular flexibility index (Phi) is 6.56. The maximum absolute atomic E-state index is 12.3. The lowest BCUT2D eigenvalue weighted by molar-refractivity contribution is -0.119. The van der Waals surface area contributed by atoms with Crippen LogP contribution in [0.15, 0.2) is 29.4 Å². The van der Waals surface area contributed by atoms with Crippen LogP contribution in [0.2, 0.25) is 0 Å². The molecule has 150 valence electrons. The summed E-state index contributed by atoms with van der Waals surface area (Å²) in [5, 5.41) is 13.6. The van der Waals surface area contributed by atoms with E-state index in [2.05, 4.69) is 25.7 Å². The Bertz CT molecular complexity index is 829. The molecule has 9 heteroatoms. The van der Waals surface area contributed by atoms with Crippen molar-refractivity contribution in [3.63, 3.8) is 0 Å². The molecule has 1 atom stereocenters. The second kappa shape index (κ2) is 9.09. The first kappa shape index (κ1) is 20.2. The van der Waals surface area contributed by atoms with Crippen molar-refractivity contribution in [2.24, 2.45) is 0 Å². The molecule has 0 saturated carbocycles. The summed E-state index contributed by atoms with van der Waals surface area (Å²) in [5.41, 5.74) is 2.13. The third-order valence-electron chi connectivity index (χ3n) is 4.66. The molecule has 1 aliphatic heterocycles. The number of amides is 3. The Morgan fingerprint density at radius 2 is 1.79 bits per heavy atom. The van der Waals surface area contributed by atoms with Gasteiger partial charge in [-0.2, -0.15) is 0 Å². The highest BCUT2D eigenvalue weighted by Crippen LogP contribution is 2.30. The van der Waals surface area contributed by atoms with E-state index < -0.39 is 11.3 Å². The summed E-state index contributed by atoms with van der Waals surface area (Å²) in [6, 6.07) is 7.64. The molecule has 0 aliphatic carbocycles. The molecule has 2 N–H and O–H groups in total. The van der Waals surface area contributed by atoms with Gasteiger partial charge in [0.05, 0.1) is 10.9 Å². The Morgan fingerprint density at radius 1 is 1.11 bits per heavy atom. The van der Waals surface area contributed by atoms with Crippen LogP contribution >= 0.6 is 11.8 Å². The van der Waals surface area contributed by atoms with E-state index in [-0.39, 0.29) is 5.91 Å². The van der Waals surface area contributed by atoms with E-state index >= 15 is 0 Å². The molecule has 1 aliphatic rings. The van der Waals surface area contributed by atoms with E-state index in [0.717, 1.165) is 37.6 Å². The fraction of sp³-hybridized carbons (Fsp3) is 0.474. The van der Waals surface area contributed by atoms with Crippen molar-refractivity contribution in [3.8, 4) is 5.69 Å². The van der Waals surface area contributed by atoms with Crippen LogP contribution in [0.5, 0.6) is 0 Å². The average molecular weight is 403 g/mol. The van der Waals surface area contributed by atoms with Gasteiger partial charge in [-0.15, -0.1) is 10.2 Å². The van der Waals surface area contributed by atoms with Crippen LogP contribution in [0.1, 0.15) is 31.7 Å². The number of nitrogens with zero attached hydrogens (tertiary/aromatic N) is 4. The second-order valence-corrected chi connectivity index (χ2v) is 8.14. The van der Waals surface area contributed by atoms with Gasteiger partial charge in [-0.1, -0.05) is 29.5 Å². The van der Waals surface area contributed by atoms with Crippen LogP contribution in [0.25, 0.3) is 5.69 Å². The number of hydrogen-bond donors (Lipinski definition) is 2. The number of piperidine rings is 1. The zero-order valence-electron chi connectivity index (χ0n) is 16.4. The molecule has 0 unspecified atom stereocenters. The molecule has 0 bridgehead atoms. The number of rotatable bonds is 5. The molecule has 3 amide bonds. The van der Waals surface area contributed by atoms with Crippen molar-refractivity contribution in [1.29, 1.82) is 0 Å². The first-order valence-corrected chi connectivity index (χ1v) is 10.3. The number of thioether (sulfide) groups is 1. The zero-order valence-corrected chi connectivity index (χ0v) is 17.3. The van der Waals surface area contributed by atoms with E-state index in [1.165, 1.54) is 30.8 Å². The molecule has 0 spiro atoms. The number of anilines is 1. The molecule has 2 aromatic rings. The normalized spacial score (nSPS) is 15.2. The predicted octanol–water partition coefficient (Wildman–Crippen LogP) is 2.50. The van der Waals surface area contributed by atoms with Gasteiger partial charge in [0.1, 0.15) is 0 Å². The highest BCUT2D eigenvalue weighted by molar-refractivity contribution is 8.00. The quantitative estimate of drug-likeness (QED) is 0.747. The molecule has 8 nitrogen and oxygen atoms in total.